The first kappa shape index (κ1) is 10.2. The van der Waals surface area contributed by atoms with E-state index in [1.165, 1.54) is 12.1 Å². The molecule has 0 saturated heterocycles. The SMILES string of the molecule is [Li][Se]c1ccc(C(F)(F)F)cc1. The van der Waals surface area contributed by atoms with Gasteiger partial charge in [-0.2, -0.15) is 0 Å². The Hall–Kier alpha value is 0.127. The molecule has 0 aliphatic rings. The Bertz CT molecular complexity index is 254. The molecule has 0 amide bonds. The van der Waals surface area contributed by atoms with E-state index in [0.29, 0.717) is 0 Å². The first-order chi connectivity index (χ1) is 5.54. The van der Waals surface area contributed by atoms with Crippen molar-refractivity contribution in [1.29, 1.82) is 0 Å². The van der Waals surface area contributed by atoms with E-state index in [2.05, 4.69) is 0 Å². The van der Waals surface area contributed by atoms with Crippen LogP contribution >= 0.6 is 0 Å². The van der Waals surface area contributed by atoms with Gasteiger partial charge < -0.3 is 0 Å². The average Bonchev–Trinajstić information content (AvgIpc) is 2.03. The second-order valence-corrected chi connectivity index (χ2v) is 4.07. The molecular weight excluding hydrogens is 227 g/mol. The van der Waals surface area contributed by atoms with Gasteiger partial charge in [-0.25, -0.2) is 0 Å². The van der Waals surface area contributed by atoms with E-state index in [4.69, 9.17) is 0 Å². The maximum atomic E-state index is 12.0. The number of hydrogen-bond donors (Lipinski definition) is 0. The van der Waals surface area contributed by atoms with Crippen LogP contribution < -0.4 is 4.46 Å². The molecule has 0 nitrogen and oxygen atoms in total. The third kappa shape index (κ3) is 2.57. The molecule has 12 heavy (non-hydrogen) atoms. The van der Waals surface area contributed by atoms with E-state index in [-0.39, 0.29) is 12.8 Å². The summed E-state index contributed by atoms with van der Waals surface area (Å²) in [5, 5.41) is 0. The van der Waals surface area contributed by atoms with E-state index >= 15 is 0 Å². The number of alkyl halides is 3. The molecule has 0 aromatic heterocycles. The molecule has 1 rings (SSSR count). The summed E-state index contributed by atoms with van der Waals surface area (Å²) in [7, 11) is 0. The Balaban J connectivity index is 2.93. The second kappa shape index (κ2) is 3.89. The van der Waals surface area contributed by atoms with Gasteiger partial charge >= 0.3 is 82.2 Å². The van der Waals surface area contributed by atoms with E-state index in [9.17, 15) is 13.2 Å². The molecule has 1 aromatic carbocycles. The molecule has 0 fully saturated rings. The summed E-state index contributed by atoms with van der Waals surface area (Å²) in [5.41, 5.74) is -0.574. The van der Waals surface area contributed by atoms with Crippen molar-refractivity contribution < 1.29 is 13.2 Å². The van der Waals surface area contributed by atoms with Gasteiger partial charge in [0, 0.05) is 0 Å². The van der Waals surface area contributed by atoms with Gasteiger partial charge in [0.25, 0.3) is 0 Å². The van der Waals surface area contributed by atoms with Crippen LogP contribution in [0.4, 0.5) is 13.2 Å². The van der Waals surface area contributed by atoms with Crippen molar-refractivity contribution in [2.24, 2.45) is 0 Å². The fourth-order valence-corrected chi connectivity index (χ4v) is 1.64. The molecule has 0 atom stereocenters. The fourth-order valence-electron chi connectivity index (χ4n) is 0.780. The third-order valence-electron chi connectivity index (χ3n) is 1.42. The molecule has 60 valence electrons. The Labute approximate surface area is 82.2 Å². The monoisotopic (exact) mass is 232 g/mol. The molecule has 0 heterocycles. The zero-order valence-electron chi connectivity index (χ0n) is 6.35. The van der Waals surface area contributed by atoms with Gasteiger partial charge in [0.1, 0.15) is 0 Å². The molecule has 0 radical (unpaired) electrons. The van der Waals surface area contributed by atoms with Crippen LogP contribution in [0.1, 0.15) is 5.56 Å². The van der Waals surface area contributed by atoms with Gasteiger partial charge in [0.05, 0.1) is 0 Å². The molecular formula is C7H4F3LiSe. The molecule has 0 aliphatic heterocycles. The number of hydrogen-bond acceptors (Lipinski definition) is 0. The van der Waals surface area contributed by atoms with Gasteiger partial charge in [-0.15, -0.1) is 0 Å². The fraction of sp³-hybridized carbons (Fsp3) is 0.143. The van der Waals surface area contributed by atoms with E-state index in [1.54, 1.807) is 0 Å². The van der Waals surface area contributed by atoms with Crippen molar-refractivity contribution in [1.82, 2.24) is 0 Å². The normalized spacial score (nSPS) is 11.8. The molecule has 0 bridgehead atoms. The minimum atomic E-state index is -4.21. The Kier molecular flexibility index (Phi) is 3.31. The van der Waals surface area contributed by atoms with Gasteiger partial charge in [0.15, 0.2) is 0 Å². The predicted octanol–water partition coefficient (Wildman–Crippen LogP) is 1.12. The predicted molar refractivity (Wildman–Crippen MR) is 42.6 cm³/mol. The van der Waals surface area contributed by atoms with Crippen LogP contribution in [0.15, 0.2) is 24.3 Å². The summed E-state index contributed by atoms with van der Waals surface area (Å²) < 4.78 is 37.1. The summed E-state index contributed by atoms with van der Waals surface area (Å²) in [4.78, 5) is 0. The Morgan fingerprint density at radius 3 is 1.92 bits per heavy atom. The van der Waals surface area contributed by atoms with Crippen molar-refractivity contribution in [3.8, 4) is 0 Å². The second-order valence-electron chi connectivity index (χ2n) is 2.23. The molecule has 1 aromatic rings. The molecule has 0 saturated carbocycles. The van der Waals surface area contributed by atoms with Gasteiger partial charge in [-0.1, -0.05) is 0 Å². The van der Waals surface area contributed by atoms with E-state index in [0.717, 1.165) is 16.6 Å². The van der Waals surface area contributed by atoms with Crippen molar-refractivity contribution >= 4 is 33.0 Å². The molecule has 0 N–H and O–H groups in total. The summed E-state index contributed by atoms with van der Waals surface area (Å²) in [5.74, 6) is 0. The van der Waals surface area contributed by atoms with Crippen LogP contribution in [-0.4, -0.2) is 28.5 Å². The number of halogens is 3. The van der Waals surface area contributed by atoms with Crippen molar-refractivity contribution in [3.05, 3.63) is 29.8 Å². The van der Waals surface area contributed by atoms with Crippen molar-refractivity contribution in [3.63, 3.8) is 0 Å². The summed E-state index contributed by atoms with van der Waals surface area (Å²) in [6, 6.07) is 5.31. The van der Waals surface area contributed by atoms with E-state index in [1.807, 2.05) is 15.8 Å². The zero-order chi connectivity index (χ0) is 9.19. The third-order valence-corrected chi connectivity index (χ3v) is 2.98. The topological polar surface area (TPSA) is 0 Å². The van der Waals surface area contributed by atoms with Gasteiger partial charge in [-0.3, -0.25) is 0 Å². The number of benzene rings is 1. The molecule has 0 aliphatic carbocycles. The van der Waals surface area contributed by atoms with E-state index < -0.39 is 11.7 Å². The average molecular weight is 231 g/mol. The molecule has 0 unspecified atom stereocenters. The first-order valence-electron chi connectivity index (χ1n) is 3.25. The van der Waals surface area contributed by atoms with Crippen LogP contribution in [0.25, 0.3) is 0 Å². The van der Waals surface area contributed by atoms with Crippen LogP contribution in [0.3, 0.4) is 0 Å². The zero-order valence-corrected chi connectivity index (χ0v) is 8.06. The summed E-state index contributed by atoms with van der Waals surface area (Å²) in [6.45, 7) is 0. The minimum absolute atomic E-state index is 0.268. The van der Waals surface area contributed by atoms with Crippen LogP contribution in [0.2, 0.25) is 0 Å². The standard InChI is InChI=1S/C7H5F3Se.Li/c8-7(9,10)5-1-3-6(11)4-2-5;/h1-4,11H;/q;+1/p-1. The summed E-state index contributed by atoms with van der Waals surface area (Å²) in [6.07, 6.45) is -4.21. The Morgan fingerprint density at radius 2 is 1.58 bits per heavy atom. The maximum absolute atomic E-state index is 12.0. The molecule has 0 spiro atoms. The molecule has 5 heteroatoms. The van der Waals surface area contributed by atoms with Crippen molar-refractivity contribution in [2.75, 3.05) is 0 Å². The van der Waals surface area contributed by atoms with Crippen molar-refractivity contribution in [2.45, 2.75) is 6.18 Å². The quantitative estimate of drug-likeness (QED) is 0.635. The van der Waals surface area contributed by atoms with Gasteiger partial charge in [0.2, 0.25) is 0 Å². The Morgan fingerprint density at radius 1 is 1.08 bits per heavy atom. The van der Waals surface area contributed by atoms with Crippen LogP contribution in [0, 0.1) is 0 Å². The first-order valence-corrected chi connectivity index (χ1v) is 5.82. The number of rotatable bonds is 1. The summed E-state index contributed by atoms with van der Waals surface area (Å²) >= 11 is 2.24. The van der Waals surface area contributed by atoms with Crippen LogP contribution in [-0.2, 0) is 6.18 Å². The van der Waals surface area contributed by atoms with Crippen LogP contribution in [0.5, 0.6) is 0 Å². The van der Waals surface area contributed by atoms with Gasteiger partial charge in [-0.05, 0) is 0 Å².